The van der Waals surface area contributed by atoms with Crippen molar-refractivity contribution in [3.63, 3.8) is 0 Å². The van der Waals surface area contributed by atoms with Crippen molar-refractivity contribution in [2.45, 2.75) is 25.4 Å². The summed E-state index contributed by atoms with van der Waals surface area (Å²) in [5, 5.41) is 2.79. The normalized spacial score (nSPS) is 19.6. The van der Waals surface area contributed by atoms with E-state index >= 15 is 0 Å². The first-order valence-electron chi connectivity index (χ1n) is 8.14. The highest BCUT2D eigenvalue weighted by atomic mass is 79.9. The average molecular weight is 421 g/mol. The summed E-state index contributed by atoms with van der Waals surface area (Å²) in [6.45, 7) is 1.95. The van der Waals surface area contributed by atoms with Gasteiger partial charge in [-0.05, 0) is 57.7 Å². The molecule has 1 N–H and O–H groups in total. The maximum Gasteiger partial charge on any atom is 0.325 e. The van der Waals surface area contributed by atoms with Crippen LogP contribution in [0.15, 0.2) is 46.9 Å². The lowest BCUT2D eigenvalue weighted by molar-refractivity contribution is -0.132. The van der Waals surface area contributed by atoms with Gasteiger partial charge in [-0.1, -0.05) is 25.1 Å². The van der Waals surface area contributed by atoms with Crippen molar-refractivity contribution in [3.8, 4) is 5.75 Å². The molecule has 1 heterocycles. The third-order valence-corrected chi connectivity index (χ3v) is 5.22. The molecule has 5 nitrogen and oxygen atoms in total. The molecule has 1 atom stereocenters. The first-order chi connectivity index (χ1) is 12.4. The number of amides is 3. The Bertz CT molecular complexity index is 856. The predicted molar refractivity (Wildman–Crippen MR) is 98.1 cm³/mol. The van der Waals surface area contributed by atoms with Gasteiger partial charge in [-0.3, -0.25) is 9.69 Å². The second kappa shape index (κ2) is 7.07. The molecule has 2 aromatic carbocycles. The number of nitrogens with zero attached hydrogens (tertiary/aromatic N) is 1. The van der Waals surface area contributed by atoms with Crippen LogP contribution in [0, 0.1) is 5.82 Å². The number of halogens is 2. The number of urea groups is 1. The molecule has 1 aliphatic heterocycles. The first-order valence-corrected chi connectivity index (χ1v) is 8.93. The maximum absolute atomic E-state index is 13.2. The third-order valence-electron chi connectivity index (χ3n) is 4.60. The Balaban J connectivity index is 1.90. The largest absolute Gasteiger partial charge is 0.496 e. The number of nitrogens with one attached hydrogen (secondary N) is 1. The number of carbonyl (C=O) groups excluding carboxylic acids is 2. The quantitative estimate of drug-likeness (QED) is 0.744. The van der Waals surface area contributed by atoms with E-state index in [1.807, 2.05) is 13.0 Å². The lowest BCUT2D eigenvalue weighted by Gasteiger charge is -2.25. The molecule has 3 rings (SSSR count). The summed E-state index contributed by atoms with van der Waals surface area (Å²) in [4.78, 5) is 26.8. The van der Waals surface area contributed by atoms with E-state index in [0.717, 1.165) is 10.0 Å². The van der Waals surface area contributed by atoms with Crippen LogP contribution in [0.4, 0.5) is 9.18 Å². The Morgan fingerprint density at radius 1 is 1.19 bits per heavy atom. The van der Waals surface area contributed by atoms with Crippen LogP contribution in [0.1, 0.15) is 24.5 Å². The highest BCUT2D eigenvalue weighted by molar-refractivity contribution is 9.10. The third kappa shape index (κ3) is 3.07. The van der Waals surface area contributed by atoms with Gasteiger partial charge in [0, 0.05) is 0 Å². The molecule has 0 radical (unpaired) electrons. The van der Waals surface area contributed by atoms with E-state index in [4.69, 9.17) is 4.74 Å². The van der Waals surface area contributed by atoms with Crippen LogP contribution in [-0.4, -0.2) is 23.9 Å². The van der Waals surface area contributed by atoms with Gasteiger partial charge in [-0.25, -0.2) is 9.18 Å². The molecule has 7 heteroatoms. The molecule has 0 bridgehead atoms. The van der Waals surface area contributed by atoms with Gasteiger partial charge >= 0.3 is 6.03 Å². The molecule has 1 fully saturated rings. The summed E-state index contributed by atoms with van der Waals surface area (Å²) in [5.74, 6) is -0.0690. The lowest BCUT2D eigenvalue weighted by Crippen LogP contribution is -2.43. The van der Waals surface area contributed by atoms with Crippen molar-refractivity contribution >= 4 is 27.9 Å². The van der Waals surface area contributed by atoms with Crippen molar-refractivity contribution in [2.75, 3.05) is 7.11 Å². The van der Waals surface area contributed by atoms with Gasteiger partial charge in [-0.15, -0.1) is 0 Å². The molecule has 1 unspecified atom stereocenters. The Morgan fingerprint density at radius 3 is 2.46 bits per heavy atom. The summed E-state index contributed by atoms with van der Waals surface area (Å²) >= 11 is 3.40. The standard InChI is InChI=1S/C19H18BrFN2O3/c1-3-19(13-5-7-14(21)8-6-13)17(24)23(18(25)22-19)11-12-4-9-16(26-2)15(20)10-12/h4-10H,3,11H2,1-2H3,(H,22,25). The number of ether oxygens (including phenoxy) is 1. The Morgan fingerprint density at radius 2 is 1.88 bits per heavy atom. The molecular formula is C19H18BrFN2O3. The molecule has 1 saturated heterocycles. The number of imide groups is 1. The van der Waals surface area contributed by atoms with E-state index in [1.54, 1.807) is 19.2 Å². The van der Waals surface area contributed by atoms with Crippen LogP contribution < -0.4 is 10.1 Å². The fraction of sp³-hybridized carbons (Fsp3) is 0.263. The zero-order valence-corrected chi connectivity index (χ0v) is 16.0. The molecule has 0 saturated carbocycles. The van der Waals surface area contributed by atoms with Crippen LogP contribution in [0.2, 0.25) is 0 Å². The molecule has 26 heavy (non-hydrogen) atoms. The monoisotopic (exact) mass is 420 g/mol. The van der Waals surface area contributed by atoms with E-state index < -0.39 is 17.4 Å². The summed E-state index contributed by atoms with van der Waals surface area (Å²) in [5.41, 5.74) is 0.180. The topological polar surface area (TPSA) is 58.6 Å². The Labute approximate surface area is 159 Å². The van der Waals surface area contributed by atoms with E-state index in [2.05, 4.69) is 21.2 Å². The second-order valence-corrected chi connectivity index (χ2v) is 6.91. The van der Waals surface area contributed by atoms with Gasteiger partial charge in [-0.2, -0.15) is 0 Å². The molecular weight excluding hydrogens is 403 g/mol. The first kappa shape index (κ1) is 18.4. The fourth-order valence-corrected chi connectivity index (χ4v) is 3.72. The van der Waals surface area contributed by atoms with Crippen molar-refractivity contribution in [1.82, 2.24) is 10.2 Å². The smallest absolute Gasteiger partial charge is 0.325 e. The van der Waals surface area contributed by atoms with E-state index in [1.165, 1.54) is 29.2 Å². The van der Waals surface area contributed by atoms with Crippen LogP contribution in [0.3, 0.4) is 0 Å². The van der Waals surface area contributed by atoms with Gasteiger partial charge < -0.3 is 10.1 Å². The van der Waals surface area contributed by atoms with E-state index in [-0.39, 0.29) is 12.5 Å². The highest BCUT2D eigenvalue weighted by Gasteiger charge is 2.51. The summed E-state index contributed by atoms with van der Waals surface area (Å²) in [6.07, 6.45) is 0.367. The van der Waals surface area contributed by atoms with Crippen molar-refractivity contribution in [3.05, 3.63) is 63.9 Å². The molecule has 0 aliphatic carbocycles. The number of rotatable bonds is 5. The summed E-state index contributed by atoms with van der Waals surface area (Å²) < 4.78 is 19.2. The minimum Gasteiger partial charge on any atom is -0.496 e. The average Bonchev–Trinajstić information content (AvgIpc) is 2.87. The van der Waals surface area contributed by atoms with Gasteiger partial charge in [0.15, 0.2) is 0 Å². The Kier molecular flexibility index (Phi) is 5.00. The van der Waals surface area contributed by atoms with Gasteiger partial charge in [0.05, 0.1) is 18.1 Å². The molecule has 0 spiro atoms. The van der Waals surface area contributed by atoms with E-state index in [9.17, 15) is 14.0 Å². The van der Waals surface area contributed by atoms with E-state index in [0.29, 0.717) is 17.7 Å². The number of hydrogen-bond donors (Lipinski definition) is 1. The van der Waals surface area contributed by atoms with Crippen molar-refractivity contribution in [1.29, 1.82) is 0 Å². The number of hydrogen-bond acceptors (Lipinski definition) is 3. The van der Waals surface area contributed by atoms with Crippen LogP contribution in [0.5, 0.6) is 5.75 Å². The van der Waals surface area contributed by atoms with Crippen LogP contribution in [-0.2, 0) is 16.9 Å². The van der Waals surface area contributed by atoms with Crippen molar-refractivity contribution < 1.29 is 18.7 Å². The summed E-state index contributed by atoms with van der Waals surface area (Å²) in [7, 11) is 1.56. The van der Waals surface area contributed by atoms with Crippen LogP contribution in [0.25, 0.3) is 0 Å². The SMILES string of the molecule is CCC1(c2ccc(F)cc2)NC(=O)N(Cc2ccc(OC)c(Br)c2)C1=O. The maximum atomic E-state index is 13.2. The molecule has 2 aromatic rings. The number of benzene rings is 2. The fourth-order valence-electron chi connectivity index (χ4n) is 3.13. The predicted octanol–water partition coefficient (Wildman–Crippen LogP) is 3.95. The minimum absolute atomic E-state index is 0.135. The molecule has 1 aliphatic rings. The molecule has 3 amide bonds. The highest BCUT2D eigenvalue weighted by Crippen LogP contribution is 2.34. The van der Waals surface area contributed by atoms with Crippen LogP contribution >= 0.6 is 15.9 Å². The van der Waals surface area contributed by atoms with Crippen molar-refractivity contribution in [2.24, 2.45) is 0 Å². The lowest BCUT2D eigenvalue weighted by atomic mass is 9.87. The Hall–Kier alpha value is -2.41. The van der Waals surface area contributed by atoms with Gasteiger partial charge in [0.25, 0.3) is 5.91 Å². The zero-order valence-electron chi connectivity index (χ0n) is 14.4. The minimum atomic E-state index is -1.17. The summed E-state index contributed by atoms with van der Waals surface area (Å²) in [6, 6.07) is 10.6. The zero-order chi connectivity index (χ0) is 18.9. The van der Waals surface area contributed by atoms with Gasteiger partial charge in [0.2, 0.25) is 0 Å². The molecule has 136 valence electrons. The number of carbonyl (C=O) groups is 2. The van der Waals surface area contributed by atoms with Gasteiger partial charge in [0.1, 0.15) is 17.1 Å². The molecule has 0 aromatic heterocycles. The number of methoxy groups -OCH3 is 1. The second-order valence-electron chi connectivity index (χ2n) is 6.06.